The molecular weight excluding hydrogens is 380 g/mol. The van der Waals surface area contributed by atoms with Crippen LogP contribution in [0.5, 0.6) is 0 Å². The zero-order chi connectivity index (χ0) is 18.9. The standard InChI is InChI=1S/C20H23ClN4OS/c1-27-9-8-25-14-15(12-23-25)13-24-6-4-20(5-7-24)18-10-16(21)2-3-17(18)19(11-22)26-20/h2-3,10,12,14,19H,4-9,13H2,1H3. The Hall–Kier alpha value is -1.52. The van der Waals surface area contributed by atoms with Crippen molar-refractivity contribution in [3.05, 3.63) is 52.3 Å². The molecule has 0 aliphatic carbocycles. The van der Waals surface area contributed by atoms with Gasteiger partial charge in [-0.15, -0.1) is 0 Å². The lowest BCUT2D eigenvalue weighted by Crippen LogP contribution is -2.42. The molecule has 4 rings (SSSR count). The van der Waals surface area contributed by atoms with Crippen LogP contribution in [0.4, 0.5) is 0 Å². The molecule has 1 unspecified atom stereocenters. The topological polar surface area (TPSA) is 54.1 Å². The Morgan fingerprint density at radius 3 is 2.96 bits per heavy atom. The van der Waals surface area contributed by atoms with E-state index >= 15 is 0 Å². The van der Waals surface area contributed by atoms with Crippen LogP contribution >= 0.6 is 23.4 Å². The fourth-order valence-electron chi connectivity index (χ4n) is 4.11. The molecule has 0 N–H and O–H groups in total. The summed E-state index contributed by atoms with van der Waals surface area (Å²) in [7, 11) is 0. The molecule has 1 spiro atoms. The van der Waals surface area contributed by atoms with Gasteiger partial charge in [0.05, 0.1) is 17.9 Å². The van der Waals surface area contributed by atoms with Crippen LogP contribution in [0.1, 0.15) is 35.6 Å². The Kier molecular flexibility index (Phi) is 5.47. The maximum atomic E-state index is 9.48. The van der Waals surface area contributed by atoms with Gasteiger partial charge in [0.1, 0.15) is 0 Å². The molecule has 2 aliphatic heterocycles. The summed E-state index contributed by atoms with van der Waals surface area (Å²) in [5.74, 6) is 1.08. The summed E-state index contributed by atoms with van der Waals surface area (Å²) in [6.07, 6.45) is 7.49. The predicted molar refractivity (Wildman–Crippen MR) is 108 cm³/mol. The first kappa shape index (κ1) is 18.8. The Morgan fingerprint density at radius 1 is 1.41 bits per heavy atom. The number of rotatable bonds is 5. The number of aryl methyl sites for hydroxylation is 1. The Balaban J connectivity index is 1.43. The summed E-state index contributed by atoms with van der Waals surface area (Å²) < 4.78 is 8.27. The second-order valence-corrected chi connectivity index (χ2v) is 8.66. The summed E-state index contributed by atoms with van der Waals surface area (Å²) in [5.41, 5.74) is 2.95. The molecule has 0 saturated carbocycles. The number of hydrogen-bond acceptors (Lipinski definition) is 5. The number of ether oxygens (including phenoxy) is 1. The van der Waals surface area contributed by atoms with Gasteiger partial charge in [0.2, 0.25) is 0 Å². The lowest BCUT2D eigenvalue weighted by Gasteiger charge is -2.39. The van der Waals surface area contributed by atoms with Gasteiger partial charge in [-0.25, -0.2) is 0 Å². The summed E-state index contributed by atoms with van der Waals surface area (Å²) in [6.45, 7) is 3.71. The van der Waals surface area contributed by atoms with Crippen molar-refractivity contribution in [1.82, 2.24) is 14.7 Å². The van der Waals surface area contributed by atoms with Crippen LogP contribution in [0.2, 0.25) is 5.02 Å². The van der Waals surface area contributed by atoms with Crippen molar-refractivity contribution >= 4 is 23.4 Å². The van der Waals surface area contributed by atoms with E-state index in [1.807, 2.05) is 40.8 Å². The van der Waals surface area contributed by atoms with Crippen molar-refractivity contribution < 1.29 is 4.74 Å². The van der Waals surface area contributed by atoms with Gasteiger partial charge < -0.3 is 4.74 Å². The Morgan fingerprint density at radius 2 is 2.22 bits per heavy atom. The summed E-state index contributed by atoms with van der Waals surface area (Å²) in [5, 5.41) is 14.6. The normalized spacial score (nSPS) is 21.3. The van der Waals surface area contributed by atoms with Crippen molar-refractivity contribution in [1.29, 1.82) is 5.26 Å². The molecule has 7 heteroatoms. The maximum absolute atomic E-state index is 9.48. The molecule has 1 aromatic carbocycles. The number of benzene rings is 1. The monoisotopic (exact) mass is 402 g/mol. The summed E-state index contributed by atoms with van der Waals surface area (Å²) in [4.78, 5) is 2.44. The molecule has 1 atom stereocenters. The molecule has 142 valence electrons. The molecule has 0 bridgehead atoms. The van der Waals surface area contributed by atoms with Crippen LogP contribution in [0.15, 0.2) is 30.6 Å². The molecule has 27 heavy (non-hydrogen) atoms. The van der Waals surface area contributed by atoms with Gasteiger partial charge in [0, 0.05) is 54.3 Å². The third-order valence-electron chi connectivity index (χ3n) is 5.53. The maximum Gasteiger partial charge on any atom is 0.170 e. The number of likely N-dealkylation sites (tertiary alicyclic amines) is 1. The Bertz CT molecular complexity index is 854. The predicted octanol–water partition coefficient (Wildman–Crippen LogP) is 3.99. The van der Waals surface area contributed by atoms with Gasteiger partial charge in [-0.1, -0.05) is 17.7 Å². The first-order valence-corrected chi connectivity index (χ1v) is 11.0. The fraction of sp³-hybridized carbons (Fsp3) is 0.500. The number of piperidine rings is 1. The van der Waals surface area contributed by atoms with E-state index in [1.165, 1.54) is 5.56 Å². The summed E-state index contributed by atoms with van der Waals surface area (Å²) in [6, 6.07) is 8.06. The molecule has 0 radical (unpaired) electrons. The highest BCUT2D eigenvalue weighted by Gasteiger charge is 2.46. The molecule has 2 aromatic rings. The number of nitrogens with zero attached hydrogens (tertiary/aromatic N) is 4. The van der Waals surface area contributed by atoms with Gasteiger partial charge >= 0.3 is 0 Å². The lowest BCUT2D eigenvalue weighted by atomic mass is 9.83. The molecular formula is C20H23ClN4OS. The summed E-state index contributed by atoms with van der Waals surface area (Å²) >= 11 is 8.06. The second-order valence-electron chi connectivity index (χ2n) is 7.23. The van der Waals surface area contributed by atoms with E-state index in [1.54, 1.807) is 0 Å². The van der Waals surface area contributed by atoms with Crippen molar-refractivity contribution in [2.45, 2.75) is 37.6 Å². The third kappa shape index (κ3) is 3.74. The van der Waals surface area contributed by atoms with E-state index in [-0.39, 0.29) is 5.60 Å². The van der Waals surface area contributed by atoms with Crippen LogP contribution in [-0.2, 0) is 23.4 Å². The van der Waals surface area contributed by atoms with Crippen LogP contribution in [-0.4, -0.2) is 39.8 Å². The molecule has 5 nitrogen and oxygen atoms in total. The van der Waals surface area contributed by atoms with E-state index in [4.69, 9.17) is 16.3 Å². The minimum Gasteiger partial charge on any atom is -0.347 e. The minimum absolute atomic E-state index is 0.375. The smallest absolute Gasteiger partial charge is 0.170 e. The molecule has 1 aromatic heterocycles. The van der Waals surface area contributed by atoms with E-state index in [0.717, 1.165) is 55.9 Å². The quantitative estimate of drug-likeness (QED) is 0.756. The Labute approximate surface area is 169 Å². The SMILES string of the molecule is CSCCn1cc(CN2CCC3(CC2)OC(C#N)c2ccc(Cl)cc23)cn1. The number of fused-ring (bicyclic) bond motifs is 2. The number of thioether (sulfide) groups is 1. The van der Waals surface area contributed by atoms with Gasteiger partial charge in [-0.05, 0) is 36.8 Å². The van der Waals surface area contributed by atoms with E-state index in [2.05, 4.69) is 28.5 Å². The van der Waals surface area contributed by atoms with Crippen molar-refractivity contribution in [2.24, 2.45) is 0 Å². The first-order valence-electron chi connectivity index (χ1n) is 9.23. The lowest BCUT2D eigenvalue weighted by molar-refractivity contribution is -0.0933. The average Bonchev–Trinajstić information content (AvgIpc) is 3.25. The van der Waals surface area contributed by atoms with Crippen molar-refractivity contribution in [3.63, 3.8) is 0 Å². The fourth-order valence-corrected chi connectivity index (χ4v) is 4.65. The molecule has 3 heterocycles. The minimum atomic E-state index is -0.488. The van der Waals surface area contributed by atoms with Gasteiger partial charge in [0.25, 0.3) is 0 Å². The highest BCUT2D eigenvalue weighted by atomic mass is 35.5. The molecule has 1 fully saturated rings. The van der Waals surface area contributed by atoms with Crippen LogP contribution < -0.4 is 0 Å². The highest BCUT2D eigenvalue weighted by molar-refractivity contribution is 7.98. The number of hydrogen-bond donors (Lipinski definition) is 0. The molecule has 0 amide bonds. The van der Waals surface area contributed by atoms with Crippen molar-refractivity contribution in [2.75, 3.05) is 25.1 Å². The largest absolute Gasteiger partial charge is 0.347 e. The zero-order valence-electron chi connectivity index (χ0n) is 15.4. The van der Waals surface area contributed by atoms with Crippen LogP contribution in [0.3, 0.4) is 0 Å². The molecule has 1 saturated heterocycles. The van der Waals surface area contributed by atoms with Crippen LogP contribution in [0.25, 0.3) is 0 Å². The number of aromatic nitrogens is 2. The zero-order valence-corrected chi connectivity index (χ0v) is 17.0. The third-order valence-corrected chi connectivity index (χ3v) is 6.36. The average molecular weight is 403 g/mol. The number of halogens is 1. The van der Waals surface area contributed by atoms with E-state index < -0.39 is 6.10 Å². The molecule has 2 aliphatic rings. The van der Waals surface area contributed by atoms with E-state index in [0.29, 0.717) is 5.02 Å². The first-order chi connectivity index (χ1) is 13.1. The highest BCUT2D eigenvalue weighted by Crippen LogP contribution is 2.49. The van der Waals surface area contributed by atoms with E-state index in [9.17, 15) is 5.26 Å². The van der Waals surface area contributed by atoms with Gasteiger partial charge in [0.15, 0.2) is 6.10 Å². The van der Waals surface area contributed by atoms with Gasteiger partial charge in [-0.2, -0.15) is 22.1 Å². The van der Waals surface area contributed by atoms with Crippen LogP contribution in [0, 0.1) is 11.3 Å². The number of nitriles is 1. The van der Waals surface area contributed by atoms with Crippen molar-refractivity contribution in [3.8, 4) is 6.07 Å². The van der Waals surface area contributed by atoms with Gasteiger partial charge in [-0.3, -0.25) is 9.58 Å². The second kappa shape index (κ2) is 7.84.